The van der Waals surface area contributed by atoms with E-state index in [4.69, 9.17) is 0 Å². The number of Topliss-reactive ketones (excluding diaryl/α,β-unsaturated/α-hetero) is 1. The molecular weight excluding hydrogens is 470 g/mol. The molecule has 2 atom stereocenters. The molecule has 7 heteroatoms. The van der Waals surface area contributed by atoms with Gasteiger partial charge in [-0.15, -0.1) is 0 Å². The van der Waals surface area contributed by atoms with Gasteiger partial charge in [-0.3, -0.25) is 14.4 Å². The van der Waals surface area contributed by atoms with Crippen LogP contribution in [0.1, 0.15) is 22.5 Å². The molecule has 36 heavy (non-hydrogen) atoms. The van der Waals surface area contributed by atoms with Gasteiger partial charge in [0.15, 0.2) is 5.78 Å². The lowest BCUT2D eigenvalue weighted by Crippen LogP contribution is -2.51. The molecule has 1 unspecified atom stereocenters. The van der Waals surface area contributed by atoms with Crippen molar-refractivity contribution < 1.29 is 14.4 Å². The number of amides is 2. The van der Waals surface area contributed by atoms with Gasteiger partial charge in [-0.25, -0.2) is 4.98 Å². The first-order chi connectivity index (χ1) is 17.6. The van der Waals surface area contributed by atoms with Crippen LogP contribution in [0, 0.1) is 0 Å². The maximum Gasteiger partial charge on any atom is 0.270 e. The number of pyridine rings is 1. The van der Waals surface area contributed by atoms with Crippen molar-refractivity contribution in [2.75, 3.05) is 6.54 Å². The first-order valence-electron chi connectivity index (χ1n) is 11.8. The van der Waals surface area contributed by atoms with E-state index in [0.29, 0.717) is 24.9 Å². The van der Waals surface area contributed by atoms with E-state index >= 15 is 0 Å². The molecule has 1 aliphatic heterocycles. The Hall–Kier alpha value is -3.97. The molecule has 0 spiro atoms. The third kappa shape index (κ3) is 5.31. The standard InChI is InChI=1S/C29H25N3O3S/c33-26-17-18-32(29(26)36-22-12-5-2-6-13-22)28(35)25(19-20-9-3-1-4-10-20)31-27(34)24-16-15-21-11-7-8-14-23(21)30-24/h1-16,25,29H,17-19H2,(H,31,34)/t25-,29?/m0/s1. The van der Waals surface area contributed by atoms with Gasteiger partial charge in [-0.05, 0) is 29.8 Å². The zero-order valence-corrected chi connectivity index (χ0v) is 20.4. The Kier molecular flexibility index (Phi) is 7.09. The maximum atomic E-state index is 13.8. The molecule has 0 bridgehead atoms. The summed E-state index contributed by atoms with van der Waals surface area (Å²) in [6, 6.07) is 29.4. The summed E-state index contributed by atoms with van der Waals surface area (Å²) in [6.07, 6.45) is 0.612. The van der Waals surface area contributed by atoms with Gasteiger partial charge in [0.05, 0.1) is 5.52 Å². The number of benzene rings is 3. The van der Waals surface area contributed by atoms with Crippen LogP contribution in [0.25, 0.3) is 10.9 Å². The Morgan fingerprint density at radius 3 is 2.39 bits per heavy atom. The van der Waals surface area contributed by atoms with E-state index in [2.05, 4.69) is 10.3 Å². The zero-order valence-electron chi connectivity index (χ0n) is 19.5. The number of hydrogen-bond donors (Lipinski definition) is 1. The third-order valence-corrected chi connectivity index (χ3v) is 7.43. The molecule has 2 heterocycles. The molecule has 2 amide bonds. The van der Waals surface area contributed by atoms with Gasteiger partial charge in [-0.1, -0.05) is 84.6 Å². The van der Waals surface area contributed by atoms with Crippen LogP contribution >= 0.6 is 11.8 Å². The second-order valence-corrected chi connectivity index (χ2v) is 9.79. The molecule has 1 aromatic heterocycles. The minimum Gasteiger partial charge on any atom is -0.339 e. The molecule has 180 valence electrons. The lowest BCUT2D eigenvalue weighted by Gasteiger charge is -2.28. The van der Waals surface area contributed by atoms with Gasteiger partial charge in [0.1, 0.15) is 17.1 Å². The van der Waals surface area contributed by atoms with Crippen LogP contribution in [0.15, 0.2) is 102 Å². The quantitative estimate of drug-likeness (QED) is 0.409. The van der Waals surface area contributed by atoms with E-state index in [0.717, 1.165) is 15.8 Å². The summed E-state index contributed by atoms with van der Waals surface area (Å²) in [4.78, 5) is 46.8. The number of rotatable bonds is 7. The Morgan fingerprint density at radius 2 is 1.61 bits per heavy atom. The number of aromatic nitrogens is 1. The number of nitrogens with zero attached hydrogens (tertiary/aromatic N) is 2. The highest BCUT2D eigenvalue weighted by Gasteiger charge is 2.39. The maximum absolute atomic E-state index is 13.8. The van der Waals surface area contributed by atoms with Crippen LogP contribution in [0.2, 0.25) is 0 Å². The van der Waals surface area contributed by atoms with Crippen molar-refractivity contribution in [1.29, 1.82) is 0 Å². The van der Waals surface area contributed by atoms with E-state index < -0.39 is 17.3 Å². The number of carbonyl (C=O) groups is 3. The Bertz CT molecular complexity index is 1390. The number of carbonyl (C=O) groups excluding carboxylic acids is 3. The molecule has 6 nitrogen and oxygen atoms in total. The Morgan fingerprint density at radius 1 is 0.917 bits per heavy atom. The summed E-state index contributed by atoms with van der Waals surface area (Å²) in [6.45, 7) is 0.331. The normalized spacial score (nSPS) is 16.2. The van der Waals surface area contributed by atoms with E-state index in [1.165, 1.54) is 11.8 Å². The van der Waals surface area contributed by atoms with Crippen molar-refractivity contribution in [2.24, 2.45) is 0 Å². The largest absolute Gasteiger partial charge is 0.339 e. The van der Waals surface area contributed by atoms with E-state index in [1.54, 1.807) is 11.0 Å². The first-order valence-corrected chi connectivity index (χ1v) is 12.7. The number of thioether (sulfide) groups is 1. The summed E-state index contributed by atoms with van der Waals surface area (Å²) < 4.78 is 0. The van der Waals surface area contributed by atoms with Gasteiger partial charge in [0, 0.05) is 29.7 Å². The molecule has 4 aromatic rings. The average molecular weight is 496 g/mol. The average Bonchev–Trinajstić information content (AvgIpc) is 3.28. The minimum atomic E-state index is -0.835. The Labute approximate surface area is 213 Å². The van der Waals surface area contributed by atoms with Gasteiger partial charge in [0.2, 0.25) is 5.91 Å². The monoisotopic (exact) mass is 495 g/mol. The van der Waals surface area contributed by atoms with Gasteiger partial charge in [-0.2, -0.15) is 0 Å². The third-order valence-electron chi connectivity index (χ3n) is 6.15. The van der Waals surface area contributed by atoms with Gasteiger partial charge < -0.3 is 10.2 Å². The number of fused-ring (bicyclic) bond motifs is 1. The lowest BCUT2D eigenvalue weighted by atomic mass is 10.0. The van der Waals surface area contributed by atoms with E-state index in [9.17, 15) is 14.4 Å². The fourth-order valence-corrected chi connectivity index (χ4v) is 5.46. The van der Waals surface area contributed by atoms with E-state index in [1.807, 2.05) is 91.0 Å². The summed E-state index contributed by atoms with van der Waals surface area (Å²) in [5, 5.41) is 3.23. The molecule has 0 saturated carbocycles. The Balaban J connectivity index is 1.40. The minimum absolute atomic E-state index is 0.0122. The van der Waals surface area contributed by atoms with Crippen LogP contribution in [0.5, 0.6) is 0 Å². The van der Waals surface area contributed by atoms with Crippen molar-refractivity contribution in [3.05, 3.63) is 108 Å². The van der Waals surface area contributed by atoms with Crippen LogP contribution in [-0.2, 0) is 16.0 Å². The molecule has 0 radical (unpaired) electrons. The van der Waals surface area contributed by atoms with Crippen molar-refractivity contribution >= 4 is 40.3 Å². The summed E-state index contributed by atoms with van der Waals surface area (Å²) in [7, 11) is 0. The van der Waals surface area contributed by atoms with Gasteiger partial charge >= 0.3 is 0 Å². The highest BCUT2D eigenvalue weighted by atomic mass is 32.2. The number of hydrogen-bond acceptors (Lipinski definition) is 5. The van der Waals surface area contributed by atoms with Crippen LogP contribution in [0.3, 0.4) is 0 Å². The van der Waals surface area contributed by atoms with Crippen LogP contribution < -0.4 is 5.32 Å². The van der Waals surface area contributed by atoms with Crippen LogP contribution in [-0.4, -0.2) is 45.4 Å². The number of nitrogens with one attached hydrogen (secondary N) is 1. The summed E-state index contributed by atoms with van der Waals surface area (Å²) >= 11 is 1.37. The molecule has 1 fully saturated rings. The zero-order chi connectivity index (χ0) is 24.9. The van der Waals surface area contributed by atoms with Crippen molar-refractivity contribution in [1.82, 2.24) is 15.2 Å². The topological polar surface area (TPSA) is 79.4 Å². The summed E-state index contributed by atoms with van der Waals surface area (Å²) in [5.41, 5.74) is 1.87. The molecule has 1 saturated heterocycles. The van der Waals surface area contributed by atoms with Crippen molar-refractivity contribution in [2.45, 2.75) is 29.2 Å². The highest BCUT2D eigenvalue weighted by molar-refractivity contribution is 8.00. The predicted molar refractivity (Wildman–Crippen MR) is 141 cm³/mol. The fraction of sp³-hybridized carbons (Fsp3) is 0.172. The predicted octanol–water partition coefficient (Wildman–Crippen LogP) is 4.50. The first kappa shape index (κ1) is 23.8. The molecule has 0 aliphatic carbocycles. The number of ketones is 1. The number of para-hydroxylation sites is 1. The summed E-state index contributed by atoms with van der Waals surface area (Å²) in [5.74, 6) is -0.682. The van der Waals surface area contributed by atoms with E-state index in [-0.39, 0.29) is 17.4 Å². The second-order valence-electron chi connectivity index (χ2n) is 8.64. The second kappa shape index (κ2) is 10.7. The van der Waals surface area contributed by atoms with Crippen molar-refractivity contribution in [3.63, 3.8) is 0 Å². The lowest BCUT2D eigenvalue weighted by molar-refractivity contribution is -0.134. The fourth-order valence-electron chi connectivity index (χ4n) is 4.30. The molecule has 5 rings (SSSR count). The van der Waals surface area contributed by atoms with Gasteiger partial charge in [0.25, 0.3) is 5.91 Å². The molecule has 3 aromatic carbocycles. The number of likely N-dealkylation sites (tertiary alicyclic amines) is 1. The van der Waals surface area contributed by atoms with Crippen molar-refractivity contribution in [3.8, 4) is 0 Å². The highest BCUT2D eigenvalue weighted by Crippen LogP contribution is 2.31. The molecular formula is C29H25N3O3S. The SMILES string of the molecule is O=C(N[C@@H](Cc1ccccc1)C(=O)N1CCC(=O)C1Sc1ccccc1)c1ccc2ccccc2n1. The van der Waals surface area contributed by atoms with Crippen LogP contribution in [0.4, 0.5) is 0 Å². The molecule has 1 N–H and O–H groups in total. The molecule has 1 aliphatic rings. The smallest absolute Gasteiger partial charge is 0.270 e.